The molecule has 1 heterocycles. The Balaban J connectivity index is 2.05. The predicted molar refractivity (Wildman–Crippen MR) is 94.3 cm³/mol. The summed E-state index contributed by atoms with van der Waals surface area (Å²) in [7, 11) is 0. The highest BCUT2D eigenvalue weighted by atomic mass is 16.7. The Morgan fingerprint density at radius 2 is 2.04 bits per heavy atom. The molecule has 0 spiro atoms. The molecule has 1 atom stereocenters. The van der Waals surface area contributed by atoms with Crippen molar-refractivity contribution < 1.29 is 24.3 Å². The number of carbonyl (C=O) groups is 2. The number of oxime groups is 1. The van der Waals surface area contributed by atoms with Crippen LogP contribution in [-0.2, 0) is 20.9 Å². The van der Waals surface area contributed by atoms with Crippen molar-refractivity contribution in [3.63, 3.8) is 0 Å². The molecule has 0 radical (unpaired) electrons. The Kier molecular flexibility index (Phi) is 6.57. The van der Waals surface area contributed by atoms with Gasteiger partial charge in [0.1, 0.15) is 12.4 Å². The molecule has 1 fully saturated rings. The molecule has 8 heteroatoms. The fraction of sp³-hybridized carbons (Fsp3) is 0.500. The van der Waals surface area contributed by atoms with Crippen LogP contribution in [0.4, 0.5) is 4.79 Å². The molecule has 1 aromatic rings. The first-order valence-corrected chi connectivity index (χ1v) is 8.57. The number of esters is 1. The van der Waals surface area contributed by atoms with Gasteiger partial charge in [0.25, 0.3) is 0 Å². The van der Waals surface area contributed by atoms with Gasteiger partial charge in [-0.05, 0) is 24.3 Å². The zero-order valence-corrected chi connectivity index (χ0v) is 15.1. The minimum absolute atomic E-state index is 0.0121. The highest BCUT2D eigenvalue weighted by Crippen LogP contribution is 2.27. The van der Waals surface area contributed by atoms with Crippen molar-refractivity contribution in [2.45, 2.75) is 45.4 Å². The molecule has 2 rings (SSSR count). The fourth-order valence-electron chi connectivity index (χ4n) is 3.03. The summed E-state index contributed by atoms with van der Waals surface area (Å²) in [6.45, 7) is 4.22. The standard InChI is InChI=1S/C18H25N3O5/c1-13(2)11-18(19,21-10-6-9-15(21)20-24)16(22)26-17(23)25-12-14-7-4-3-5-8-14/h3-5,7-8,13,24H,6,9-12,19H2,1-2H3/t18-/m1/s1. The number of nitrogens with two attached hydrogens (primary N) is 1. The van der Waals surface area contributed by atoms with Crippen LogP contribution in [0.5, 0.6) is 0 Å². The van der Waals surface area contributed by atoms with Crippen molar-refractivity contribution in [2.24, 2.45) is 16.8 Å². The Bertz CT molecular complexity index is 662. The summed E-state index contributed by atoms with van der Waals surface area (Å²) in [6, 6.07) is 9.04. The summed E-state index contributed by atoms with van der Waals surface area (Å²) in [5.41, 5.74) is 5.49. The van der Waals surface area contributed by atoms with Gasteiger partial charge in [-0.2, -0.15) is 0 Å². The highest BCUT2D eigenvalue weighted by Gasteiger charge is 2.47. The number of carbonyl (C=O) groups excluding carboxylic acids is 2. The quantitative estimate of drug-likeness (QED) is 0.345. The van der Waals surface area contributed by atoms with Crippen molar-refractivity contribution in [2.75, 3.05) is 6.54 Å². The van der Waals surface area contributed by atoms with Crippen molar-refractivity contribution in [1.82, 2.24) is 4.90 Å². The number of hydrogen-bond acceptors (Lipinski definition) is 7. The van der Waals surface area contributed by atoms with Crippen LogP contribution in [-0.4, -0.2) is 40.3 Å². The van der Waals surface area contributed by atoms with E-state index in [0.717, 1.165) is 5.56 Å². The second kappa shape index (κ2) is 8.66. The Labute approximate surface area is 152 Å². The first-order chi connectivity index (χ1) is 12.4. The maximum absolute atomic E-state index is 12.6. The Morgan fingerprint density at radius 3 is 2.65 bits per heavy atom. The van der Waals surface area contributed by atoms with Crippen LogP contribution in [0.15, 0.2) is 35.5 Å². The second-order valence-electron chi connectivity index (χ2n) is 6.71. The Morgan fingerprint density at radius 1 is 1.35 bits per heavy atom. The lowest BCUT2D eigenvalue weighted by molar-refractivity contribution is -0.152. The van der Waals surface area contributed by atoms with Gasteiger partial charge >= 0.3 is 12.1 Å². The molecule has 1 saturated heterocycles. The van der Waals surface area contributed by atoms with Crippen molar-refractivity contribution >= 4 is 18.0 Å². The zero-order chi connectivity index (χ0) is 19.2. The van der Waals surface area contributed by atoms with Crippen LogP contribution in [0, 0.1) is 5.92 Å². The molecule has 0 bridgehead atoms. The van der Waals surface area contributed by atoms with Gasteiger partial charge < -0.3 is 19.6 Å². The summed E-state index contributed by atoms with van der Waals surface area (Å²) in [6.07, 6.45) is 0.317. The number of benzene rings is 1. The van der Waals surface area contributed by atoms with Crippen molar-refractivity contribution in [1.29, 1.82) is 0 Å². The van der Waals surface area contributed by atoms with E-state index in [0.29, 0.717) is 25.2 Å². The van der Waals surface area contributed by atoms with Gasteiger partial charge in [0.2, 0.25) is 0 Å². The normalized spacial score (nSPS) is 18.0. The largest absolute Gasteiger partial charge is 0.516 e. The molecular weight excluding hydrogens is 338 g/mol. The van der Waals surface area contributed by atoms with E-state index < -0.39 is 17.8 Å². The zero-order valence-electron chi connectivity index (χ0n) is 15.1. The maximum Gasteiger partial charge on any atom is 0.516 e. The van der Waals surface area contributed by atoms with Gasteiger partial charge in [0.05, 0.1) is 0 Å². The van der Waals surface area contributed by atoms with Crippen LogP contribution >= 0.6 is 0 Å². The molecule has 0 unspecified atom stereocenters. The first-order valence-electron chi connectivity index (χ1n) is 8.57. The van der Waals surface area contributed by atoms with Gasteiger partial charge in [-0.25, -0.2) is 9.59 Å². The molecule has 3 N–H and O–H groups in total. The lowest BCUT2D eigenvalue weighted by Gasteiger charge is -2.37. The number of ether oxygens (including phenoxy) is 2. The molecule has 8 nitrogen and oxygen atoms in total. The van der Waals surface area contributed by atoms with E-state index in [-0.39, 0.29) is 18.9 Å². The minimum Gasteiger partial charge on any atom is -0.429 e. The minimum atomic E-state index is -1.60. The van der Waals surface area contributed by atoms with E-state index in [2.05, 4.69) is 5.16 Å². The first kappa shape index (κ1) is 19.7. The Hall–Kier alpha value is -2.61. The summed E-state index contributed by atoms with van der Waals surface area (Å²) >= 11 is 0. The van der Waals surface area contributed by atoms with Gasteiger partial charge in [-0.3, -0.25) is 5.73 Å². The number of amidine groups is 1. The predicted octanol–water partition coefficient (Wildman–Crippen LogP) is 2.45. The third-order valence-electron chi connectivity index (χ3n) is 4.14. The number of nitrogens with zero attached hydrogens (tertiary/aromatic N) is 2. The molecule has 0 amide bonds. The van der Waals surface area contributed by atoms with E-state index in [1.54, 1.807) is 12.1 Å². The van der Waals surface area contributed by atoms with Gasteiger partial charge in [0.15, 0.2) is 5.66 Å². The third-order valence-corrected chi connectivity index (χ3v) is 4.14. The van der Waals surface area contributed by atoms with E-state index in [9.17, 15) is 9.59 Å². The maximum atomic E-state index is 12.6. The summed E-state index contributed by atoms with van der Waals surface area (Å²) in [5.74, 6) is -0.566. The lowest BCUT2D eigenvalue weighted by Crippen LogP contribution is -2.63. The lowest BCUT2D eigenvalue weighted by atomic mass is 9.96. The smallest absolute Gasteiger partial charge is 0.429 e. The summed E-state index contributed by atoms with van der Waals surface area (Å²) in [5, 5.41) is 12.4. The van der Waals surface area contributed by atoms with Gasteiger partial charge in [-0.1, -0.05) is 49.3 Å². The van der Waals surface area contributed by atoms with Crippen LogP contribution in [0.25, 0.3) is 0 Å². The second-order valence-corrected chi connectivity index (χ2v) is 6.71. The van der Waals surface area contributed by atoms with E-state index in [1.165, 1.54) is 4.90 Å². The molecular formula is C18H25N3O5. The molecule has 142 valence electrons. The van der Waals surface area contributed by atoms with Crippen molar-refractivity contribution in [3.8, 4) is 0 Å². The van der Waals surface area contributed by atoms with E-state index in [1.807, 2.05) is 32.0 Å². The average Bonchev–Trinajstić information content (AvgIpc) is 3.09. The van der Waals surface area contributed by atoms with Crippen LogP contribution in [0.2, 0.25) is 0 Å². The third kappa shape index (κ3) is 4.72. The number of hydrogen-bond donors (Lipinski definition) is 2. The number of likely N-dealkylation sites (tertiary alicyclic amines) is 1. The molecule has 0 aromatic heterocycles. The molecule has 26 heavy (non-hydrogen) atoms. The van der Waals surface area contributed by atoms with Gasteiger partial charge in [-0.15, -0.1) is 0 Å². The molecule has 1 aliphatic rings. The summed E-state index contributed by atoms with van der Waals surface area (Å²) in [4.78, 5) is 26.1. The number of rotatable bonds is 6. The average molecular weight is 363 g/mol. The highest BCUT2D eigenvalue weighted by molar-refractivity contribution is 5.94. The topological polar surface area (TPSA) is 114 Å². The van der Waals surface area contributed by atoms with Crippen molar-refractivity contribution in [3.05, 3.63) is 35.9 Å². The molecule has 1 aromatic carbocycles. The molecule has 0 saturated carbocycles. The SMILES string of the molecule is CC(C)C[C@](N)(C(=O)OC(=O)OCc1ccccc1)N1CCCC1=NO. The van der Waals surface area contributed by atoms with Crippen LogP contribution in [0.3, 0.4) is 0 Å². The van der Waals surface area contributed by atoms with Crippen LogP contribution < -0.4 is 5.73 Å². The van der Waals surface area contributed by atoms with E-state index in [4.69, 9.17) is 20.4 Å². The molecule has 0 aliphatic carbocycles. The monoisotopic (exact) mass is 363 g/mol. The van der Waals surface area contributed by atoms with Crippen LogP contribution in [0.1, 0.15) is 38.7 Å². The molecule has 1 aliphatic heterocycles. The van der Waals surface area contributed by atoms with Gasteiger partial charge in [0, 0.05) is 13.0 Å². The fourth-order valence-corrected chi connectivity index (χ4v) is 3.03. The summed E-state index contributed by atoms with van der Waals surface area (Å²) < 4.78 is 9.82. The van der Waals surface area contributed by atoms with E-state index >= 15 is 0 Å².